The van der Waals surface area contributed by atoms with Crippen molar-refractivity contribution in [2.45, 2.75) is 6.42 Å². The quantitative estimate of drug-likeness (QED) is 0.760. The Morgan fingerprint density at radius 1 is 1.20 bits per heavy atom. The molecule has 3 rings (SSSR count). The molecule has 0 saturated carbocycles. The molecule has 2 aromatic carbocycles. The van der Waals surface area contributed by atoms with Crippen molar-refractivity contribution < 1.29 is 9.53 Å². The molecule has 0 bridgehead atoms. The lowest BCUT2D eigenvalue weighted by Gasteiger charge is -2.06. The molecule has 1 heterocycles. The molecule has 0 unspecified atom stereocenters. The third-order valence-electron chi connectivity index (χ3n) is 3.55. The van der Waals surface area contributed by atoms with Crippen LogP contribution >= 0.6 is 11.5 Å². The Hall–Kier alpha value is -3.24. The minimum Gasteiger partial charge on any atom is -0.497 e. The van der Waals surface area contributed by atoms with Crippen LogP contribution in [0.2, 0.25) is 0 Å². The molecule has 0 aliphatic heterocycles. The van der Waals surface area contributed by atoms with E-state index in [1.807, 2.05) is 36.4 Å². The van der Waals surface area contributed by atoms with Crippen LogP contribution < -0.4 is 10.1 Å². The van der Waals surface area contributed by atoms with Gasteiger partial charge in [0.25, 0.3) is 5.91 Å². The van der Waals surface area contributed by atoms with E-state index < -0.39 is 0 Å². The molecule has 1 amide bonds. The molecule has 0 aliphatic carbocycles. The molecule has 0 radical (unpaired) electrons. The maximum atomic E-state index is 12.5. The lowest BCUT2D eigenvalue weighted by atomic mass is 10.1. The molecular formula is C18H14N4O2S. The number of carbonyl (C=O) groups is 1. The van der Waals surface area contributed by atoms with Gasteiger partial charge < -0.3 is 10.1 Å². The van der Waals surface area contributed by atoms with Gasteiger partial charge >= 0.3 is 0 Å². The van der Waals surface area contributed by atoms with Gasteiger partial charge in [-0.15, -0.1) is 5.10 Å². The van der Waals surface area contributed by atoms with Crippen LogP contribution in [0, 0.1) is 11.3 Å². The fourth-order valence-corrected chi connectivity index (χ4v) is 2.85. The van der Waals surface area contributed by atoms with Crippen LogP contribution in [0.3, 0.4) is 0 Å². The van der Waals surface area contributed by atoms with Gasteiger partial charge in [0, 0.05) is 11.3 Å². The van der Waals surface area contributed by atoms with Gasteiger partial charge in [-0.1, -0.05) is 16.6 Å². The third kappa shape index (κ3) is 3.82. The average Bonchev–Trinajstić information content (AvgIpc) is 3.13. The van der Waals surface area contributed by atoms with E-state index in [1.54, 1.807) is 19.2 Å². The van der Waals surface area contributed by atoms with Crippen LogP contribution in [0.25, 0.3) is 11.3 Å². The first kappa shape index (κ1) is 16.6. The molecule has 1 aromatic heterocycles. The minimum atomic E-state index is -0.270. The van der Waals surface area contributed by atoms with Crippen molar-refractivity contribution in [3.05, 3.63) is 59.0 Å². The Bertz CT molecular complexity index is 911. The van der Waals surface area contributed by atoms with E-state index in [0.717, 1.165) is 28.4 Å². The molecular weight excluding hydrogens is 336 g/mol. The molecule has 0 atom stereocenters. The van der Waals surface area contributed by atoms with Gasteiger partial charge in [-0.05, 0) is 53.5 Å². The van der Waals surface area contributed by atoms with Gasteiger partial charge in [0.1, 0.15) is 16.3 Å². The highest BCUT2D eigenvalue weighted by Gasteiger charge is 2.18. The summed E-state index contributed by atoms with van der Waals surface area (Å²) in [4.78, 5) is 13.0. The van der Waals surface area contributed by atoms with Crippen molar-refractivity contribution in [1.82, 2.24) is 9.59 Å². The number of nitrogens with one attached hydrogen (secondary N) is 1. The summed E-state index contributed by atoms with van der Waals surface area (Å²) in [5, 5.41) is 15.6. The number of hydrogen-bond acceptors (Lipinski definition) is 6. The summed E-state index contributed by atoms with van der Waals surface area (Å²) in [7, 11) is 1.60. The summed E-state index contributed by atoms with van der Waals surface area (Å²) in [5.74, 6) is 0.462. The second-order valence-corrected chi connectivity index (χ2v) is 5.92. The normalized spacial score (nSPS) is 10.1. The number of anilines is 1. The monoisotopic (exact) mass is 350 g/mol. The fourth-order valence-electron chi connectivity index (χ4n) is 2.26. The number of benzene rings is 2. The standard InChI is InChI=1S/C18H14N4O2S/c1-24-15-8-4-13(5-9-15)16-17(25-22-21-16)18(23)20-14-6-2-12(3-7-14)10-11-19/h2-9H,10H2,1H3,(H,20,23). The van der Waals surface area contributed by atoms with Crippen molar-refractivity contribution in [1.29, 1.82) is 5.26 Å². The zero-order valence-corrected chi connectivity index (χ0v) is 14.2. The van der Waals surface area contributed by atoms with Crippen molar-refractivity contribution in [3.63, 3.8) is 0 Å². The van der Waals surface area contributed by atoms with E-state index in [2.05, 4.69) is 21.0 Å². The van der Waals surface area contributed by atoms with Gasteiger partial charge in [-0.25, -0.2) is 0 Å². The van der Waals surface area contributed by atoms with Gasteiger partial charge in [0.2, 0.25) is 0 Å². The summed E-state index contributed by atoms with van der Waals surface area (Å²) in [6.07, 6.45) is 0.342. The van der Waals surface area contributed by atoms with Crippen molar-refractivity contribution >= 4 is 23.1 Å². The molecule has 0 spiro atoms. The summed E-state index contributed by atoms with van der Waals surface area (Å²) in [6, 6.07) is 16.5. The average molecular weight is 350 g/mol. The van der Waals surface area contributed by atoms with Gasteiger partial charge in [0.05, 0.1) is 19.6 Å². The van der Waals surface area contributed by atoms with Crippen LogP contribution in [-0.4, -0.2) is 22.6 Å². The SMILES string of the molecule is COc1ccc(-c2nnsc2C(=O)Nc2ccc(CC#N)cc2)cc1. The molecule has 25 heavy (non-hydrogen) atoms. The van der Waals surface area contributed by atoms with Crippen LogP contribution in [0.4, 0.5) is 5.69 Å². The molecule has 1 N–H and O–H groups in total. The Kier molecular flexibility index (Phi) is 5.02. The second kappa shape index (κ2) is 7.55. The summed E-state index contributed by atoms with van der Waals surface area (Å²) in [5.41, 5.74) is 2.88. The number of nitrogens with zero attached hydrogens (tertiary/aromatic N) is 3. The number of rotatable bonds is 5. The summed E-state index contributed by atoms with van der Waals surface area (Å²) < 4.78 is 9.04. The van der Waals surface area contributed by atoms with Crippen LogP contribution in [0.5, 0.6) is 5.75 Å². The molecule has 7 heteroatoms. The van der Waals surface area contributed by atoms with Gasteiger partial charge in [-0.3, -0.25) is 4.79 Å². The first-order valence-corrected chi connectivity index (χ1v) is 8.22. The predicted molar refractivity (Wildman–Crippen MR) is 95.6 cm³/mol. The molecule has 6 nitrogen and oxygen atoms in total. The van der Waals surface area contributed by atoms with Gasteiger partial charge in [-0.2, -0.15) is 5.26 Å². The number of hydrogen-bond donors (Lipinski definition) is 1. The number of amides is 1. The zero-order valence-electron chi connectivity index (χ0n) is 13.4. The van der Waals surface area contributed by atoms with Crippen molar-refractivity contribution in [2.24, 2.45) is 0 Å². The molecule has 0 fully saturated rings. The first-order chi connectivity index (χ1) is 12.2. The van der Waals surface area contributed by atoms with E-state index in [1.165, 1.54) is 0 Å². The number of ether oxygens (including phenoxy) is 1. The lowest BCUT2D eigenvalue weighted by Crippen LogP contribution is -2.11. The number of nitriles is 1. The highest BCUT2D eigenvalue weighted by atomic mass is 32.1. The van der Waals surface area contributed by atoms with Gasteiger partial charge in [0.15, 0.2) is 0 Å². The fraction of sp³-hybridized carbons (Fsp3) is 0.111. The third-order valence-corrected chi connectivity index (χ3v) is 4.28. The largest absolute Gasteiger partial charge is 0.497 e. The van der Waals surface area contributed by atoms with E-state index in [0.29, 0.717) is 22.7 Å². The molecule has 0 aliphatic rings. The van der Waals surface area contributed by atoms with Crippen LogP contribution in [-0.2, 0) is 6.42 Å². The first-order valence-electron chi connectivity index (χ1n) is 7.45. The van der Waals surface area contributed by atoms with E-state index >= 15 is 0 Å². The maximum absolute atomic E-state index is 12.5. The van der Waals surface area contributed by atoms with E-state index in [4.69, 9.17) is 10.00 Å². The van der Waals surface area contributed by atoms with Crippen molar-refractivity contribution in [3.8, 4) is 23.1 Å². The smallest absolute Gasteiger partial charge is 0.269 e. The highest BCUT2D eigenvalue weighted by Crippen LogP contribution is 2.26. The summed E-state index contributed by atoms with van der Waals surface area (Å²) >= 11 is 1.05. The van der Waals surface area contributed by atoms with Crippen molar-refractivity contribution in [2.75, 3.05) is 12.4 Å². The Labute approximate surface area is 148 Å². The Morgan fingerprint density at radius 2 is 1.92 bits per heavy atom. The van der Waals surface area contributed by atoms with E-state index in [9.17, 15) is 4.79 Å². The maximum Gasteiger partial charge on any atom is 0.269 e. The topological polar surface area (TPSA) is 87.9 Å². The lowest BCUT2D eigenvalue weighted by molar-refractivity contribution is 0.103. The van der Waals surface area contributed by atoms with Crippen LogP contribution in [0.1, 0.15) is 15.2 Å². The number of methoxy groups -OCH3 is 1. The predicted octanol–water partition coefficient (Wildman–Crippen LogP) is 3.53. The van der Waals surface area contributed by atoms with E-state index in [-0.39, 0.29) is 5.91 Å². The molecule has 3 aromatic rings. The molecule has 124 valence electrons. The highest BCUT2D eigenvalue weighted by molar-refractivity contribution is 7.08. The number of carbonyl (C=O) groups excluding carboxylic acids is 1. The zero-order chi connectivity index (χ0) is 17.6. The second-order valence-electron chi connectivity index (χ2n) is 5.17. The Morgan fingerprint density at radius 3 is 2.56 bits per heavy atom. The number of aromatic nitrogens is 2. The molecule has 0 saturated heterocycles. The summed E-state index contributed by atoms with van der Waals surface area (Å²) in [6.45, 7) is 0. The Balaban J connectivity index is 1.79. The minimum absolute atomic E-state index is 0.270. The van der Waals surface area contributed by atoms with Crippen LogP contribution in [0.15, 0.2) is 48.5 Å².